The van der Waals surface area contributed by atoms with Gasteiger partial charge in [-0.1, -0.05) is 59.7 Å². The topological polar surface area (TPSA) is 65.0 Å². The Bertz CT molecular complexity index is 1160. The van der Waals surface area contributed by atoms with Gasteiger partial charge in [0.1, 0.15) is 23.0 Å². The number of aromatic hydroxyl groups is 1. The van der Waals surface area contributed by atoms with Crippen molar-refractivity contribution < 1.29 is 23.2 Å². The highest BCUT2D eigenvalue weighted by Crippen LogP contribution is 2.50. The summed E-state index contributed by atoms with van der Waals surface area (Å²) in [5.41, 5.74) is 3.96. The summed E-state index contributed by atoms with van der Waals surface area (Å²) in [5, 5.41) is 9.47. The molecular weight excluding hydrogens is 423 g/mol. The monoisotopic (exact) mass is 446 g/mol. The van der Waals surface area contributed by atoms with Crippen LogP contribution in [0.4, 0.5) is 0 Å². The third-order valence-corrected chi connectivity index (χ3v) is 6.05. The lowest BCUT2D eigenvalue weighted by molar-refractivity contribution is 0.298. The van der Waals surface area contributed by atoms with Crippen molar-refractivity contribution in [1.82, 2.24) is 0 Å². The summed E-state index contributed by atoms with van der Waals surface area (Å²) in [6.07, 6.45) is 0. The normalized spacial score (nSPS) is 11.1. The molecule has 0 spiro atoms. The summed E-state index contributed by atoms with van der Waals surface area (Å²) in [7, 11) is -4.04. The maximum atomic E-state index is 13.6. The Labute approximate surface area is 187 Å². The molecule has 6 heteroatoms. The molecule has 0 amide bonds. The van der Waals surface area contributed by atoms with Crippen molar-refractivity contribution in [3.8, 4) is 34.1 Å². The number of hydrogen-bond donors (Lipinski definition) is 1. The van der Waals surface area contributed by atoms with Gasteiger partial charge in [0.2, 0.25) is 0 Å². The molecule has 4 aromatic rings. The number of aryl methyl sites for hydroxylation is 2. The van der Waals surface area contributed by atoms with Crippen LogP contribution in [0, 0.1) is 13.8 Å². The number of hydrogen-bond acceptors (Lipinski definition) is 5. The van der Waals surface area contributed by atoms with Gasteiger partial charge in [0.25, 0.3) is 0 Å². The zero-order valence-electron chi connectivity index (χ0n) is 17.8. The molecule has 0 atom stereocenters. The van der Waals surface area contributed by atoms with Crippen molar-refractivity contribution >= 4 is 7.82 Å². The summed E-state index contributed by atoms with van der Waals surface area (Å²) in [6.45, 7) is 3.91. The van der Waals surface area contributed by atoms with Gasteiger partial charge in [-0.3, -0.25) is 0 Å². The summed E-state index contributed by atoms with van der Waals surface area (Å²) >= 11 is 0. The molecule has 0 radical (unpaired) electrons. The fraction of sp³-hybridized carbons (Fsp3) is 0.0769. The molecule has 0 bridgehead atoms. The van der Waals surface area contributed by atoms with Crippen molar-refractivity contribution in [1.29, 1.82) is 0 Å². The second-order valence-corrected chi connectivity index (χ2v) is 8.86. The van der Waals surface area contributed by atoms with E-state index in [9.17, 15) is 9.67 Å². The highest BCUT2D eigenvalue weighted by Gasteiger charge is 2.33. The van der Waals surface area contributed by atoms with E-state index >= 15 is 0 Å². The molecule has 0 aromatic heterocycles. The van der Waals surface area contributed by atoms with E-state index in [1.54, 1.807) is 48.5 Å². The SMILES string of the molecule is Cc1ccc(OP(=O)(Oc2ccc(C)cc2)Oc2ccc(-c3ccc(O)cc3)cc2)cc1. The lowest BCUT2D eigenvalue weighted by Gasteiger charge is -2.19. The standard InChI is InChI=1S/C26H23O5P/c1-19-3-13-24(14-4-19)29-32(28,30-25-15-5-20(2)6-16-25)31-26-17-9-22(10-18-26)21-7-11-23(27)12-8-21/h3-18,27H,1-2H3. The highest BCUT2D eigenvalue weighted by atomic mass is 31.2. The predicted molar refractivity (Wildman–Crippen MR) is 125 cm³/mol. The van der Waals surface area contributed by atoms with Crippen LogP contribution in [0.2, 0.25) is 0 Å². The Kier molecular flexibility index (Phi) is 6.20. The molecule has 0 aliphatic carbocycles. The van der Waals surface area contributed by atoms with E-state index in [1.165, 1.54) is 0 Å². The maximum Gasteiger partial charge on any atom is 0.647 e. The van der Waals surface area contributed by atoms with Crippen molar-refractivity contribution in [3.05, 3.63) is 108 Å². The van der Waals surface area contributed by atoms with Crippen LogP contribution >= 0.6 is 7.82 Å². The van der Waals surface area contributed by atoms with E-state index in [-0.39, 0.29) is 5.75 Å². The van der Waals surface area contributed by atoms with Crippen LogP contribution in [-0.2, 0) is 4.57 Å². The van der Waals surface area contributed by atoms with Crippen LogP contribution in [0.1, 0.15) is 11.1 Å². The fourth-order valence-corrected chi connectivity index (χ4v) is 4.26. The van der Waals surface area contributed by atoms with Gasteiger partial charge in [0, 0.05) is 0 Å². The van der Waals surface area contributed by atoms with Gasteiger partial charge in [-0.2, -0.15) is 4.57 Å². The van der Waals surface area contributed by atoms with E-state index in [0.717, 1.165) is 22.3 Å². The molecule has 4 aromatic carbocycles. The van der Waals surface area contributed by atoms with E-state index in [0.29, 0.717) is 17.2 Å². The molecule has 0 saturated heterocycles. The molecule has 0 saturated carbocycles. The van der Waals surface area contributed by atoms with Gasteiger partial charge >= 0.3 is 7.82 Å². The Morgan fingerprint density at radius 2 is 0.844 bits per heavy atom. The molecular formula is C26H23O5P. The minimum atomic E-state index is -4.04. The first-order chi connectivity index (χ1) is 15.4. The van der Waals surface area contributed by atoms with Crippen molar-refractivity contribution in [3.63, 3.8) is 0 Å². The Hall–Kier alpha value is -3.69. The van der Waals surface area contributed by atoms with Crippen molar-refractivity contribution in [2.24, 2.45) is 0 Å². The summed E-state index contributed by atoms with van der Waals surface area (Å²) in [5.74, 6) is 1.31. The van der Waals surface area contributed by atoms with Gasteiger partial charge < -0.3 is 18.7 Å². The van der Waals surface area contributed by atoms with E-state index in [1.807, 2.05) is 62.4 Å². The predicted octanol–water partition coefficient (Wildman–Crippen LogP) is 7.32. The number of phosphoric ester groups is 1. The lowest BCUT2D eigenvalue weighted by Crippen LogP contribution is -2.07. The number of benzene rings is 4. The lowest BCUT2D eigenvalue weighted by atomic mass is 10.1. The molecule has 4 rings (SSSR count). The Morgan fingerprint density at radius 3 is 1.22 bits per heavy atom. The molecule has 32 heavy (non-hydrogen) atoms. The van der Waals surface area contributed by atoms with E-state index < -0.39 is 7.82 Å². The fourth-order valence-electron chi connectivity index (χ4n) is 3.00. The smallest absolute Gasteiger partial charge is 0.508 e. The first-order valence-corrected chi connectivity index (χ1v) is 11.6. The van der Waals surface area contributed by atoms with Gasteiger partial charge in [0.05, 0.1) is 0 Å². The molecule has 1 N–H and O–H groups in total. The minimum Gasteiger partial charge on any atom is -0.508 e. The largest absolute Gasteiger partial charge is 0.647 e. The molecule has 0 heterocycles. The number of phenolic OH excluding ortho intramolecular Hbond substituents is 1. The molecule has 0 aliphatic heterocycles. The second-order valence-electron chi connectivity index (χ2n) is 7.42. The molecule has 0 aliphatic rings. The van der Waals surface area contributed by atoms with Gasteiger partial charge in [-0.15, -0.1) is 0 Å². The van der Waals surface area contributed by atoms with Crippen LogP contribution in [0.5, 0.6) is 23.0 Å². The van der Waals surface area contributed by atoms with Crippen molar-refractivity contribution in [2.45, 2.75) is 13.8 Å². The number of phenols is 1. The molecule has 0 fully saturated rings. The van der Waals surface area contributed by atoms with Gasteiger partial charge in [-0.05, 0) is 73.5 Å². The third-order valence-electron chi connectivity index (χ3n) is 4.75. The van der Waals surface area contributed by atoms with E-state index in [2.05, 4.69) is 0 Å². The summed E-state index contributed by atoms with van der Waals surface area (Å²) in [4.78, 5) is 0. The van der Waals surface area contributed by atoms with E-state index in [4.69, 9.17) is 13.6 Å². The van der Waals surface area contributed by atoms with Crippen molar-refractivity contribution in [2.75, 3.05) is 0 Å². The zero-order valence-corrected chi connectivity index (χ0v) is 18.7. The van der Waals surface area contributed by atoms with Crippen LogP contribution in [0.25, 0.3) is 11.1 Å². The first kappa shape index (κ1) is 21.5. The van der Waals surface area contributed by atoms with Gasteiger partial charge in [0.15, 0.2) is 0 Å². The number of rotatable bonds is 7. The third kappa shape index (κ3) is 5.51. The van der Waals surface area contributed by atoms with Crippen LogP contribution in [-0.4, -0.2) is 5.11 Å². The second kappa shape index (κ2) is 9.21. The minimum absolute atomic E-state index is 0.205. The molecule has 5 nitrogen and oxygen atoms in total. The van der Waals surface area contributed by atoms with Crippen LogP contribution in [0.15, 0.2) is 97.1 Å². The maximum absolute atomic E-state index is 13.6. The van der Waals surface area contributed by atoms with Crippen LogP contribution < -0.4 is 13.6 Å². The zero-order chi connectivity index (χ0) is 22.6. The van der Waals surface area contributed by atoms with Gasteiger partial charge in [-0.25, -0.2) is 0 Å². The summed E-state index contributed by atoms with van der Waals surface area (Å²) in [6, 6.07) is 28.3. The Morgan fingerprint density at radius 1 is 0.531 bits per heavy atom. The number of phosphoric acid groups is 1. The Balaban J connectivity index is 1.58. The average molecular weight is 446 g/mol. The van der Waals surface area contributed by atoms with Crippen LogP contribution in [0.3, 0.4) is 0 Å². The first-order valence-electron chi connectivity index (χ1n) is 10.1. The highest BCUT2D eigenvalue weighted by molar-refractivity contribution is 7.49. The quantitative estimate of drug-likeness (QED) is 0.301. The molecule has 0 unspecified atom stereocenters. The molecule has 162 valence electrons. The average Bonchev–Trinajstić information content (AvgIpc) is 2.78. The summed E-state index contributed by atoms with van der Waals surface area (Å²) < 4.78 is 30.8.